The summed E-state index contributed by atoms with van der Waals surface area (Å²) in [5.74, 6) is -0.425. The van der Waals surface area contributed by atoms with E-state index >= 15 is 0 Å². The van der Waals surface area contributed by atoms with Gasteiger partial charge in [-0.1, -0.05) is 25.8 Å². The minimum Gasteiger partial charge on any atom is -0.480 e. The minimum atomic E-state index is -0.926. The fraction of sp³-hybridized carbons (Fsp3) is 0.571. The van der Waals surface area contributed by atoms with Crippen molar-refractivity contribution in [1.82, 2.24) is 4.90 Å². The number of likely N-dealkylation sites (tertiary alicyclic amines) is 1. The Morgan fingerprint density at radius 1 is 1.15 bits per heavy atom. The van der Waals surface area contributed by atoms with Crippen LogP contribution < -0.4 is 5.32 Å². The number of nitrogens with one attached hydrogen (secondary N) is 1. The lowest BCUT2D eigenvalue weighted by Gasteiger charge is -2.33. The van der Waals surface area contributed by atoms with Gasteiger partial charge < -0.3 is 15.3 Å². The molecule has 2 amide bonds. The highest BCUT2D eigenvalue weighted by atomic mass is 16.4. The fourth-order valence-electron chi connectivity index (χ4n) is 4.77. The van der Waals surface area contributed by atoms with Gasteiger partial charge in [-0.25, -0.2) is 4.79 Å². The molecular weight excluding hydrogens is 344 g/mol. The monoisotopic (exact) mass is 370 g/mol. The van der Waals surface area contributed by atoms with E-state index in [0.717, 1.165) is 32.1 Å². The normalized spacial score (nSPS) is 31.9. The summed E-state index contributed by atoms with van der Waals surface area (Å²) in [6.07, 6.45) is 5.46. The molecule has 0 bridgehead atoms. The predicted octanol–water partition coefficient (Wildman–Crippen LogP) is 3.14. The van der Waals surface area contributed by atoms with E-state index in [9.17, 15) is 19.5 Å². The maximum absolute atomic E-state index is 13.2. The Bertz CT molecular complexity index is 777. The van der Waals surface area contributed by atoms with Crippen LogP contribution in [0, 0.1) is 17.8 Å². The van der Waals surface area contributed by atoms with Crippen molar-refractivity contribution in [2.45, 2.75) is 57.5 Å². The number of hydrogen-bond donors (Lipinski definition) is 2. The number of amides is 2. The van der Waals surface area contributed by atoms with E-state index in [1.54, 1.807) is 29.2 Å². The maximum atomic E-state index is 13.2. The average molecular weight is 370 g/mol. The molecule has 27 heavy (non-hydrogen) atoms. The van der Waals surface area contributed by atoms with Crippen molar-refractivity contribution in [2.24, 2.45) is 17.8 Å². The molecule has 0 spiro atoms. The third-order valence-electron chi connectivity index (χ3n) is 6.43. The van der Waals surface area contributed by atoms with Crippen molar-refractivity contribution < 1.29 is 19.5 Å². The Morgan fingerprint density at radius 2 is 1.89 bits per heavy atom. The summed E-state index contributed by atoms with van der Waals surface area (Å²) in [6.45, 7) is 2.05. The van der Waals surface area contributed by atoms with Gasteiger partial charge in [0, 0.05) is 23.2 Å². The van der Waals surface area contributed by atoms with E-state index in [1.165, 1.54) is 0 Å². The highest BCUT2D eigenvalue weighted by Crippen LogP contribution is 2.41. The Balaban J connectivity index is 1.55. The van der Waals surface area contributed by atoms with E-state index in [-0.39, 0.29) is 29.7 Å². The first kappa shape index (κ1) is 18.0. The quantitative estimate of drug-likeness (QED) is 0.852. The van der Waals surface area contributed by atoms with E-state index in [0.29, 0.717) is 23.6 Å². The van der Waals surface area contributed by atoms with Gasteiger partial charge in [0.15, 0.2) is 0 Å². The first-order valence-electron chi connectivity index (χ1n) is 9.92. The molecule has 4 rings (SSSR count). The third kappa shape index (κ3) is 3.45. The number of fused-ring (bicyclic) bond motifs is 1. The number of carboxylic acid groups (broad SMARTS) is 1. The minimum absolute atomic E-state index is 0.0102. The summed E-state index contributed by atoms with van der Waals surface area (Å²) in [5.41, 5.74) is 1.03. The van der Waals surface area contributed by atoms with Gasteiger partial charge in [-0.3, -0.25) is 9.59 Å². The van der Waals surface area contributed by atoms with Crippen LogP contribution in [0.1, 0.15) is 55.8 Å². The van der Waals surface area contributed by atoms with Gasteiger partial charge in [-0.2, -0.15) is 0 Å². The average Bonchev–Trinajstić information content (AvgIpc) is 3.26. The van der Waals surface area contributed by atoms with E-state index in [4.69, 9.17) is 0 Å². The first-order valence-corrected chi connectivity index (χ1v) is 9.92. The number of benzene rings is 1. The molecule has 0 aromatic heterocycles. The molecule has 1 saturated heterocycles. The molecule has 2 saturated carbocycles. The highest BCUT2D eigenvalue weighted by molar-refractivity contribution is 6.00. The lowest BCUT2D eigenvalue weighted by Crippen LogP contribution is -2.46. The summed E-state index contributed by atoms with van der Waals surface area (Å²) in [7, 11) is 0. The van der Waals surface area contributed by atoms with E-state index < -0.39 is 12.0 Å². The number of hydrogen-bond acceptors (Lipinski definition) is 3. The summed E-state index contributed by atoms with van der Waals surface area (Å²) >= 11 is 0. The molecule has 5 unspecified atom stereocenters. The summed E-state index contributed by atoms with van der Waals surface area (Å²) < 4.78 is 0. The Kier molecular flexibility index (Phi) is 4.66. The zero-order valence-corrected chi connectivity index (χ0v) is 15.6. The number of nitrogens with zero attached hydrogens (tertiary/aromatic N) is 1. The summed E-state index contributed by atoms with van der Waals surface area (Å²) in [4.78, 5) is 38.7. The third-order valence-corrected chi connectivity index (χ3v) is 6.43. The predicted molar refractivity (Wildman–Crippen MR) is 100 cm³/mol. The summed E-state index contributed by atoms with van der Waals surface area (Å²) in [6, 6.07) is 6.14. The van der Waals surface area contributed by atoms with Crippen molar-refractivity contribution in [3.05, 3.63) is 29.8 Å². The molecule has 2 aliphatic carbocycles. The van der Waals surface area contributed by atoms with Gasteiger partial charge in [0.1, 0.15) is 6.04 Å². The number of carboxylic acids is 1. The van der Waals surface area contributed by atoms with Crippen molar-refractivity contribution in [1.29, 1.82) is 0 Å². The number of carbonyl (C=O) groups is 3. The standard InChI is InChI=1S/C21H26N2O4/c1-12-9-16(12)19(24)22-15-7-4-6-14(10-15)20(25)23-17-8-3-2-5-13(17)11-18(23)21(26)27/h4,6-7,10,12-13,16-18H,2-3,5,8-9,11H2,1H3,(H,22,24)(H,26,27). The molecular formula is C21H26N2O4. The smallest absolute Gasteiger partial charge is 0.326 e. The molecule has 3 aliphatic rings. The van der Waals surface area contributed by atoms with Crippen LogP contribution in [0.3, 0.4) is 0 Å². The number of anilines is 1. The second kappa shape index (κ2) is 6.98. The van der Waals surface area contributed by atoms with Gasteiger partial charge in [-0.05, 0) is 55.7 Å². The van der Waals surface area contributed by atoms with Gasteiger partial charge >= 0.3 is 5.97 Å². The molecule has 5 atom stereocenters. The number of carbonyl (C=O) groups excluding carboxylic acids is 2. The van der Waals surface area contributed by atoms with Crippen molar-refractivity contribution in [3.8, 4) is 0 Å². The second-order valence-electron chi connectivity index (χ2n) is 8.30. The zero-order chi connectivity index (χ0) is 19.1. The molecule has 2 N–H and O–H groups in total. The molecule has 1 aromatic carbocycles. The largest absolute Gasteiger partial charge is 0.480 e. The lowest BCUT2D eigenvalue weighted by atomic mass is 9.84. The van der Waals surface area contributed by atoms with E-state index in [2.05, 4.69) is 5.32 Å². The van der Waals surface area contributed by atoms with Crippen LogP contribution in [0.5, 0.6) is 0 Å². The van der Waals surface area contributed by atoms with Crippen LogP contribution >= 0.6 is 0 Å². The number of aliphatic carboxylic acids is 1. The molecule has 1 aromatic rings. The molecule has 1 aliphatic heterocycles. The zero-order valence-electron chi connectivity index (χ0n) is 15.6. The van der Waals surface area contributed by atoms with Gasteiger partial charge in [-0.15, -0.1) is 0 Å². The highest BCUT2D eigenvalue weighted by Gasteiger charge is 2.47. The molecule has 144 valence electrons. The Hall–Kier alpha value is -2.37. The van der Waals surface area contributed by atoms with Crippen molar-refractivity contribution >= 4 is 23.5 Å². The maximum Gasteiger partial charge on any atom is 0.326 e. The first-order chi connectivity index (χ1) is 13.0. The summed E-state index contributed by atoms with van der Waals surface area (Å²) in [5, 5.41) is 12.5. The molecule has 0 radical (unpaired) electrons. The lowest BCUT2D eigenvalue weighted by molar-refractivity contribution is -0.141. The van der Waals surface area contributed by atoms with Crippen LogP contribution in [0.25, 0.3) is 0 Å². The second-order valence-corrected chi connectivity index (χ2v) is 8.30. The van der Waals surface area contributed by atoms with E-state index in [1.807, 2.05) is 6.92 Å². The Morgan fingerprint density at radius 3 is 2.59 bits per heavy atom. The van der Waals surface area contributed by atoms with Crippen molar-refractivity contribution in [2.75, 3.05) is 5.32 Å². The van der Waals surface area contributed by atoms with Crippen LogP contribution in [0.15, 0.2) is 24.3 Å². The van der Waals surface area contributed by atoms with Crippen LogP contribution in [0.4, 0.5) is 5.69 Å². The SMILES string of the molecule is CC1CC1C(=O)Nc1cccc(C(=O)N2C(C(=O)O)CC3CCCCC32)c1. The van der Waals surface area contributed by atoms with Crippen LogP contribution in [-0.4, -0.2) is 39.9 Å². The van der Waals surface area contributed by atoms with Crippen LogP contribution in [-0.2, 0) is 9.59 Å². The van der Waals surface area contributed by atoms with Gasteiger partial charge in [0.05, 0.1) is 0 Å². The molecule has 6 nitrogen and oxygen atoms in total. The van der Waals surface area contributed by atoms with Crippen LogP contribution in [0.2, 0.25) is 0 Å². The molecule has 3 fully saturated rings. The topological polar surface area (TPSA) is 86.7 Å². The molecule has 6 heteroatoms. The Labute approximate surface area is 158 Å². The van der Waals surface area contributed by atoms with Gasteiger partial charge in [0.25, 0.3) is 5.91 Å². The van der Waals surface area contributed by atoms with Crippen molar-refractivity contribution in [3.63, 3.8) is 0 Å². The molecule has 1 heterocycles. The van der Waals surface area contributed by atoms with Gasteiger partial charge in [0.2, 0.25) is 5.91 Å². The fourth-order valence-corrected chi connectivity index (χ4v) is 4.77. The number of rotatable bonds is 4.